The quantitative estimate of drug-likeness (QED) is 0.385. The number of nitrogens with one attached hydrogen (secondary N) is 2. The van der Waals surface area contributed by atoms with Crippen molar-refractivity contribution in [1.82, 2.24) is 5.06 Å². The first-order valence-electron chi connectivity index (χ1n) is 12.3. The van der Waals surface area contributed by atoms with Crippen LogP contribution in [0.25, 0.3) is 0 Å². The van der Waals surface area contributed by atoms with Gasteiger partial charge in [0.2, 0.25) is 0 Å². The highest BCUT2D eigenvalue weighted by Gasteiger charge is 2.32. The number of ether oxygens (including phenoxy) is 2. The normalized spacial score (nSPS) is 15.0. The van der Waals surface area contributed by atoms with Gasteiger partial charge in [0.25, 0.3) is 0 Å². The third kappa shape index (κ3) is 6.49. The van der Waals surface area contributed by atoms with Gasteiger partial charge in [-0.3, -0.25) is 4.79 Å². The number of para-hydroxylation sites is 1. The molecule has 4 rings (SSSR count). The van der Waals surface area contributed by atoms with Gasteiger partial charge in [-0.1, -0.05) is 24.3 Å². The summed E-state index contributed by atoms with van der Waals surface area (Å²) >= 11 is 0. The number of rotatable bonds is 9. The van der Waals surface area contributed by atoms with Gasteiger partial charge in [0.1, 0.15) is 17.5 Å². The summed E-state index contributed by atoms with van der Waals surface area (Å²) in [6.07, 6.45) is 1.71. The summed E-state index contributed by atoms with van der Waals surface area (Å²) in [6.45, 7) is 2.54. The minimum Gasteiger partial charge on any atom is -0.495 e. The number of aryl methyl sites for hydroxylation is 1. The number of amides is 2. The first kappa shape index (κ1) is 26.7. The van der Waals surface area contributed by atoms with Crippen LogP contribution in [0.1, 0.15) is 34.3 Å². The number of hydrogen-bond acceptors (Lipinski definition) is 7. The molecule has 198 valence electrons. The highest BCUT2D eigenvalue weighted by molar-refractivity contribution is 6.01. The fourth-order valence-electron chi connectivity index (χ4n) is 4.33. The average Bonchev–Trinajstić information content (AvgIpc) is 3.39. The van der Waals surface area contributed by atoms with E-state index in [9.17, 15) is 14.4 Å². The number of ketones is 1. The molecule has 1 aliphatic heterocycles. The summed E-state index contributed by atoms with van der Waals surface area (Å²) < 4.78 is 10.2. The van der Waals surface area contributed by atoms with Crippen molar-refractivity contribution >= 4 is 29.2 Å². The molecule has 1 heterocycles. The predicted molar refractivity (Wildman–Crippen MR) is 144 cm³/mol. The van der Waals surface area contributed by atoms with Crippen LogP contribution in [0.5, 0.6) is 11.5 Å². The molecule has 3 aromatic rings. The fraction of sp³-hybridized carbons (Fsp3) is 0.276. The summed E-state index contributed by atoms with van der Waals surface area (Å²) in [5, 5.41) is 7.33. The Morgan fingerprint density at radius 1 is 0.947 bits per heavy atom. The Morgan fingerprint density at radius 2 is 1.68 bits per heavy atom. The van der Waals surface area contributed by atoms with Crippen LogP contribution in [0.4, 0.5) is 16.2 Å². The van der Waals surface area contributed by atoms with Gasteiger partial charge in [-0.05, 0) is 73.4 Å². The monoisotopic (exact) mass is 517 g/mol. The van der Waals surface area contributed by atoms with Gasteiger partial charge in [-0.15, -0.1) is 5.06 Å². The van der Waals surface area contributed by atoms with E-state index in [2.05, 4.69) is 10.6 Å². The maximum atomic E-state index is 13.2. The maximum Gasteiger partial charge on any atom is 0.337 e. The summed E-state index contributed by atoms with van der Waals surface area (Å²) in [4.78, 5) is 43.3. The summed E-state index contributed by atoms with van der Waals surface area (Å²) in [6, 6.07) is 18.6. The lowest BCUT2D eigenvalue weighted by Gasteiger charge is -2.23. The lowest BCUT2D eigenvalue weighted by atomic mass is 10.0. The molecule has 0 bridgehead atoms. The van der Waals surface area contributed by atoms with Gasteiger partial charge < -0.3 is 24.9 Å². The van der Waals surface area contributed by atoms with Crippen LogP contribution >= 0.6 is 0 Å². The van der Waals surface area contributed by atoms with E-state index in [-0.39, 0.29) is 24.3 Å². The lowest BCUT2D eigenvalue weighted by Crippen LogP contribution is -2.39. The maximum absolute atomic E-state index is 13.2. The van der Waals surface area contributed by atoms with Crippen molar-refractivity contribution in [2.45, 2.75) is 32.2 Å². The van der Waals surface area contributed by atoms with Crippen molar-refractivity contribution < 1.29 is 28.7 Å². The SMILES string of the molecule is COC(=O)c1ccc(ON2CCC[C@@H]2C(=O)Cc2ccc(NC(=O)Nc3ccccc3C)c(OC)c2)cc1. The zero-order chi connectivity index (χ0) is 27.1. The van der Waals surface area contributed by atoms with E-state index in [4.69, 9.17) is 14.3 Å². The molecule has 1 fully saturated rings. The highest BCUT2D eigenvalue weighted by Crippen LogP contribution is 2.28. The number of Topliss-reactive ketones (excluding diaryl/α,β-unsaturated/α-hetero) is 1. The number of urea groups is 1. The van der Waals surface area contributed by atoms with E-state index in [1.165, 1.54) is 14.2 Å². The molecular weight excluding hydrogens is 486 g/mol. The summed E-state index contributed by atoms with van der Waals surface area (Å²) in [5.41, 5.74) is 3.36. The molecular formula is C29H31N3O6. The van der Waals surface area contributed by atoms with E-state index in [1.54, 1.807) is 47.5 Å². The number of carbonyl (C=O) groups is 3. The highest BCUT2D eigenvalue weighted by atomic mass is 16.7. The van der Waals surface area contributed by atoms with Crippen molar-refractivity contribution in [1.29, 1.82) is 0 Å². The zero-order valence-electron chi connectivity index (χ0n) is 21.7. The van der Waals surface area contributed by atoms with Gasteiger partial charge in [-0.2, -0.15) is 0 Å². The van der Waals surface area contributed by atoms with Crippen LogP contribution in [-0.4, -0.2) is 49.7 Å². The third-order valence-electron chi connectivity index (χ3n) is 6.36. The van der Waals surface area contributed by atoms with Gasteiger partial charge in [-0.25, -0.2) is 9.59 Å². The molecule has 0 radical (unpaired) electrons. The van der Waals surface area contributed by atoms with Gasteiger partial charge >= 0.3 is 12.0 Å². The number of hydroxylamine groups is 2. The van der Waals surface area contributed by atoms with E-state index >= 15 is 0 Å². The summed E-state index contributed by atoms with van der Waals surface area (Å²) in [7, 11) is 2.85. The molecule has 0 spiro atoms. The molecule has 1 saturated heterocycles. The molecule has 38 heavy (non-hydrogen) atoms. The van der Waals surface area contributed by atoms with Gasteiger partial charge in [0.05, 0.1) is 25.5 Å². The molecule has 0 saturated carbocycles. The van der Waals surface area contributed by atoms with Gasteiger partial charge in [0.15, 0.2) is 5.78 Å². The van der Waals surface area contributed by atoms with Crippen LogP contribution < -0.4 is 20.2 Å². The van der Waals surface area contributed by atoms with Crippen molar-refractivity contribution in [2.24, 2.45) is 0 Å². The molecule has 3 aromatic carbocycles. The Bertz CT molecular complexity index is 1310. The third-order valence-corrected chi connectivity index (χ3v) is 6.36. The second-order valence-electron chi connectivity index (χ2n) is 8.98. The molecule has 1 atom stereocenters. The Labute approximate surface area is 221 Å². The Morgan fingerprint density at radius 3 is 2.39 bits per heavy atom. The number of benzene rings is 3. The van der Waals surface area contributed by atoms with Crippen LogP contribution in [0.15, 0.2) is 66.7 Å². The number of carbonyl (C=O) groups excluding carboxylic acids is 3. The van der Waals surface area contributed by atoms with Crippen LogP contribution in [0.2, 0.25) is 0 Å². The molecule has 0 aromatic heterocycles. The topological polar surface area (TPSA) is 106 Å². The van der Waals surface area contributed by atoms with Gasteiger partial charge in [0, 0.05) is 18.7 Å². The van der Waals surface area contributed by atoms with Crippen LogP contribution in [0.3, 0.4) is 0 Å². The van der Waals surface area contributed by atoms with Crippen molar-refractivity contribution in [3.8, 4) is 11.5 Å². The standard InChI is InChI=1S/C29H31N3O6/c1-19-7-4-5-8-23(19)30-29(35)31-24-15-10-20(18-27(24)36-2)17-26(33)25-9-6-16-32(25)38-22-13-11-21(12-14-22)28(34)37-3/h4-5,7-8,10-15,18,25H,6,9,16-17H2,1-3H3,(H2,30,31,35)/t25-/m1/s1. The zero-order valence-corrected chi connectivity index (χ0v) is 21.7. The molecule has 9 nitrogen and oxygen atoms in total. The van der Waals surface area contributed by atoms with Crippen molar-refractivity contribution in [3.05, 3.63) is 83.4 Å². The number of anilines is 2. The number of esters is 1. The van der Waals surface area contributed by atoms with Crippen molar-refractivity contribution in [2.75, 3.05) is 31.4 Å². The minimum absolute atomic E-state index is 0.0220. The minimum atomic E-state index is -0.422. The van der Waals surface area contributed by atoms with E-state index < -0.39 is 5.97 Å². The average molecular weight is 518 g/mol. The van der Waals surface area contributed by atoms with Crippen LogP contribution in [-0.2, 0) is 16.0 Å². The number of methoxy groups -OCH3 is 2. The number of hydrogen-bond donors (Lipinski definition) is 2. The van der Waals surface area contributed by atoms with Crippen LogP contribution in [0, 0.1) is 6.92 Å². The lowest BCUT2D eigenvalue weighted by molar-refractivity contribution is -0.135. The smallest absolute Gasteiger partial charge is 0.337 e. The Hall–Kier alpha value is -4.37. The molecule has 9 heteroatoms. The largest absolute Gasteiger partial charge is 0.495 e. The Balaban J connectivity index is 1.37. The van der Waals surface area contributed by atoms with Crippen molar-refractivity contribution in [3.63, 3.8) is 0 Å². The molecule has 0 aliphatic carbocycles. The van der Waals surface area contributed by atoms with E-state index in [1.807, 2.05) is 31.2 Å². The first-order valence-corrected chi connectivity index (χ1v) is 12.3. The second-order valence-corrected chi connectivity index (χ2v) is 8.98. The van der Waals surface area contributed by atoms with E-state index in [0.29, 0.717) is 41.4 Å². The predicted octanol–water partition coefficient (Wildman–Crippen LogP) is 5.00. The number of nitrogens with zero attached hydrogens (tertiary/aromatic N) is 1. The molecule has 1 aliphatic rings. The Kier molecular flexibility index (Phi) is 8.60. The van der Waals surface area contributed by atoms with E-state index in [0.717, 1.165) is 17.5 Å². The molecule has 2 amide bonds. The molecule has 0 unspecified atom stereocenters. The second kappa shape index (κ2) is 12.2. The summed E-state index contributed by atoms with van der Waals surface area (Å²) in [5.74, 6) is 0.599. The molecule has 2 N–H and O–H groups in total. The fourth-order valence-corrected chi connectivity index (χ4v) is 4.33. The first-order chi connectivity index (χ1) is 18.4.